The van der Waals surface area contributed by atoms with Crippen LogP contribution in [0.5, 0.6) is 0 Å². The maximum Gasteiger partial charge on any atom is 0.0235 e. The van der Waals surface area contributed by atoms with Crippen LogP contribution in [0.1, 0.15) is 39.5 Å². The Morgan fingerprint density at radius 3 is 2.65 bits per heavy atom. The SMILES string of the molecule is CCN1CCCC(N(CC)C2CCNC2)CC1. The molecule has 2 unspecified atom stereocenters. The summed E-state index contributed by atoms with van der Waals surface area (Å²) in [4.78, 5) is 5.39. The number of rotatable bonds is 4. The Hall–Kier alpha value is -0.120. The van der Waals surface area contributed by atoms with Gasteiger partial charge in [-0.3, -0.25) is 4.90 Å². The lowest BCUT2D eigenvalue weighted by Gasteiger charge is -2.35. The molecule has 100 valence electrons. The van der Waals surface area contributed by atoms with Gasteiger partial charge < -0.3 is 10.2 Å². The normalized spacial score (nSPS) is 31.9. The third-order valence-corrected chi connectivity index (χ3v) is 4.57. The fourth-order valence-electron chi connectivity index (χ4n) is 3.52. The molecule has 1 N–H and O–H groups in total. The first-order valence-electron chi connectivity index (χ1n) is 7.54. The van der Waals surface area contributed by atoms with Crippen molar-refractivity contribution in [3.05, 3.63) is 0 Å². The van der Waals surface area contributed by atoms with Gasteiger partial charge in [-0.25, -0.2) is 0 Å². The molecule has 3 nitrogen and oxygen atoms in total. The monoisotopic (exact) mass is 239 g/mol. The minimum Gasteiger partial charge on any atom is -0.315 e. The van der Waals surface area contributed by atoms with E-state index in [1.54, 1.807) is 0 Å². The quantitative estimate of drug-likeness (QED) is 0.803. The molecular formula is C14H29N3. The van der Waals surface area contributed by atoms with Crippen LogP contribution >= 0.6 is 0 Å². The van der Waals surface area contributed by atoms with Gasteiger partial charge in [0.25, 0.3) is 0 Å². The molecule has 0 saturated carbocycles. The minimum atomic E-state index is 0.804. The topological polar surface area (TPSA) is 18.5 Å². The highest BCUT2D eigenvalue weighted by Crippen LogP contribution is 2.21. The molecule has 0 radical (unpaired) electrons. The first-order valence-corrected chi connectivity index (χ1v) is 7.54. The van der Waals surface area contributed by atoms with E-state index < -0.39 is 0 Å². The maximum absolute atomic E-state index is 3.51. The summed E-state index contributed by atoms with van der Waals surface area (Å²) in [5.74, 6) is 0. The van der Waals surface area contributed by atoms with Crippen molar-refractivity contribution in [1.82, 2.24) is 15.1 Å². The van der Waals surface area contributed by atoms with Crippen molar-refractivity contribution in [2.24, 2.45) is 0 Å². The molecule has 2 aliphatic rings. The standard InChI is InChI=1S/C14H29N3/c1-3-16-10-5-6-13(8-11-16)17(4-2)14-7-9-15-12-14/h13-15H,3-12H2,1-2H3. The Bertz CT molecular complexity index is 214. The van der Waals surface area contributed by atoms with Gasteiger partial charge in [-0.1, -0.05) is 13.8 Å². The van der Waals surface area contributed by atoms with Gasteiger partial charge in [0.05, 0.1) is 0 Å². The van der Waals surface area contributed by atoms with E-state index in [9.17, 15) is 0 Å². The Morgan fingerprint density at radius 2 is 2.00 bits per heavy atom. The van der Waals surface area contributed by atoms with Gasteiger partial charge in [0.15, 0.2) is 0 Å². The zero-order chi connectivity index (χ0) is 12.1. The summed E-state index contributed by atoms with van der Waals surface area (Å²) in [5, 5.41) is 3.51. The van der Waals surface area contributed by atoms with Gasteiger partial charge in [0.1, 0.15) is 0 Å². The van der Waals surface area contributed by atoms with E-state index in [1.165, 1.54) is 65.0 Å². The van der Waals surface area contributed by atoms with Crippen LogP contribution in [-0.4, -0.2) is 61.2 Å². The van der Waals surface area contributed by atoms with Crippen molar-refractivity contribution in [3.8, 4) is 0 Å². The Kier molecular flexibility index (Phi) is 5.26. The molecule has 3 heteroatoms. The van der Waals surface area contributed by atoms with Crippen LogP contribution in [0.2, 0.25) is 0 Å². The van der Waals surface area contributed by atoms with Crippen molar-refractivity contribution < 1.29 is 0 Å². The first-order chi connectivity index (χ1) is 8.35. The van der Waals surface area contributed by atoms with Gasteiger partial charge in [-0.2, -0.15) is 0 Å². The second kappa shape index (κ2) is 6.72. The molecule has 17 heavy (non-hydrogen) atoms. The van der Waals surface area contributed by atoms with E-state index in [4.69, 9.17) is 0 Å². The minimum absolute atomic E-state index is 0.804. The maximum atomic E-state index is 3.51. The summed E-state index contributed by atoms with van der Waals surface area (Å²) < 4.78 is 0. The summed E-state index contributed by atoms with van der Waals surface area (Å²) in [6.45, 7) is 12.1. The lowest BCUT2D eigenvalue weighted by Crippen LogP contribution is -2.44. The van der Waals surface area contributed by atoms with Gasteiger partial charge in [-0.05, 0) is 58.4 Å². The van der Waals surface area contributed by atoms with Gasteiger partial charge in [-0.15, -0.1) is 0 Å². The van der Waals surface area contributed by atoms with Gasteiger partial charge >= 0.3 is 0 Å². The third-order valence-electron chi connectivity index (χ3n) is 4.57. The third kappa shape index (κ3) is 3.43. The van der Waals surface area contributed by atoms with Crippen LogP contribution in [0.15, 0.2) is 0 Å². The van der Waals surface area contributed by atoms with E-state index in [1.807, 2.05) is 0 Å². The summed E-state index contributed by atoms with van der Waals surface area (Å²) in [6, 6.07) is 1.64. The van der Waals surface area contributed by atoms with Crippen molar-refractivity contribution >= 4 is 0 Å². The predicted molar refractivity (Wildman–Crippen MR) is 73.4 cm³/mol. The van der Waals surface area contributed by atoms with E-state index in [2.05, 4.69) is 29.0 Å². The molecule has 0 aromatic rings. The van der Waals surface area contributed by atoms with E-state index >= 15 is 0 Å². The fraction of sp³-hybridized carbons (Fsp3) is 1.00. The molecule has 2 saturated heterocycles. The van der Waals surface area contributed by atoms with Gasteiger partial charge in [0, 0.05) is 18.6 Å². The number of nitrogens with one attached hydrogen (secondary N) is 1. The van der Waals surface area contributed by atoms with Crippen molar-refractivity contribution in [2.75, 3.05) is 39.3 Å². The largest absolute Gasteiger partial charge is 0.315 e. The highest BCUT2D eigenvalue weighted by atomic mass is 15.2. The molecule has 2 rings (SSSR count). The highest BCUT2D eigenvalue weighted by molar-refractivity contribution is 4.86. The average Bonchev–Trinajstić information content (AvgIpc) is 2.76. The molecule has 0 aromatic carbocycles. The average molecular weight is 239 g/mol. The highest BCUT2D eigenvalue weighted by Gasteiger charge is 2.28. The van der Waals surface area contributed by atoms with E-state index in [0.717, 1.165) is 12.1 Å². The Balaban J connectivity index is 1.89. The molecular weight excluding hydrogens is 210 g/mol. The van der Waals surface area contributed by atoms with Crippen LogP contribution in [0.3, 0.4) is 0 Å². The van der Waals surface area contributed by atoms with Crippen LogP contribution in [0.25, 0.3) is 0 Å². The number of likely N-dealkylation sites (N-methyl/N-ethyl adjacent to an activating group) is 1. The number of hydrogen-bond donors (Lipinski definition) is 1. The van der Waals surface area contributed by atoms with Crippen molar-refractivity contribution in [1.29, 1.82) is 0 Å². The lowest BCUT2D eigenvalue weighted by atomic mass is 10.0. The molecule has 0 aromatic heterocycles. The molecule has 0 bridgehead atoms. The van der Waals surface area contributed by atoms with Gasteiger partial charge in [0.2, 0.25) is 0 Å². The van der Waals surface area contributed by atoms with Crippen LogP contribution < -0.4 is 5.32 Å². The van der Waals surface area contributed by atoms with Crippen LogP contribution in [0.4, 0.5) is 0 Å². The summed E-state index contributed by atoms with van der Waals surface area (Å²) in [5.41, 5.74) is 0. The Morgan fingerprint density at radius 1 is 1.12 bits per heavy atom. The smallest absolute Gasteiger partial charge is 0.0235 e. The Labute approximate surface area is 107 Å². The second-order valence-electron chi connectivity index (χ2n) is 5.50. The number of nitrogens with zero attached hydrogens (tertiary/aromatic N) is 2. The molecule has 0 aliphatic carbocycles. The molecule has 2 fully saturated rings. The first kappa shape index (κ1) is 13.3. The fourth-order valence-corrected chi connectivity index (χ4v) is 3.52. The summed E-state index contributed by atoms with van der Waals surface area (Å²) in [7, 11) is 0. The zero-order valence-electron chi connectivity index (χ0n) is 11.6. The zero-order valence-corrected chi connectivity index (χ0v) is 11.6. The van der Waals surface area contributed by atoms with Crippen LogP contribution in [-0.2, 0) is 0 Å². The summed E-state index contributed by atoms with van der Waals surface area (Å²) in [6.07, 6.45) is 5.51. The van der Waals surface area contributed by atoms with E-state index in [0.29, 0.717) is 0 Å². The van der Waals surface area contributed by atoms with Crippen molar-refractivity contribution in [3.63, 3.8) is 0 Å². The summed E-state index contributed by atoms with van der Waals surface area (Å²) >= 11 is 0. The lowest BCUT2D eigenvalue weighted by molar-refractivity contribution is 0.136. The number of likely N-dealkylation sites (tertiary alicyclic amines) is 1. The molecule has 2 aliphatic heterocycles. The predicted octanol–water partition coefficient (Wildman–Crippen LogP) is 1.54. The second-order valence-corrected chi connectivity index (χ2v) is 5.50. The number of hydrogen-bond acceptors (Lipinski definition) is 3. The van der Waals surface area contributed by atoms with Crippen molar-refractivity contribution in [2.45, 2.75) is 51.6 Å². The van der Waals surface area contributed by atoms with Crippen LogP contribution in [0, 0.1) is 0 Å². The molecule has 0 spiro atoms. The van der Waals surface area contributed by atoms with E-state index in [-0.39, 0.29) is 0 Å². The molecule has 0 amide bonds. The molecule has 2 atom stereocenters. The molecule has 2 heterocycles.